The van der Waals surface area contributed by atoms with Crippen molar-refractivity contribution < 1.29 is 19.1 Å². The quantitative estimate of drug-likeness (QED) is 0.687. The number of piperidine rings is 1. The van der Waals surface area contributed by atoms with Crippen LogP contribution in [0.4, 0.5) is 0 Å². The van der Waals surface area contributed by atoms with Crippen molar-refractivity contribution in [1.82, 2.24) is 4.90 Å². The summed E-state index contributed by atoms with van der Waals surface area (Å²) in [6.07, 6.45) is 2.22. The number of nitrogens with zero attached hydrogens (tertiary/aromatic N) is 1. The van der Waals surface area contributed by atoms with Crippen LogP contribution in [0.3, 0.4) is 0 Å². The Kier molecular flexibility index (Phi) is 6.84. The van der Waals surface area contributed by atoms with Gasteiger partial charge in [0.25, 0.3) is 0 Å². The van der Waals surface area contributed by atoms with Crippen molar-refractivity contribution in [1.29, 1.82) is 0 Å². The zero-order valence-corrected chi connectivity index (χ0v) is 12.2. The van der Waals surface area contributed by atoms with E-state index in [2.05, 4.69) is 11.8 Å². The third kappa shape index (κ3) is 5.19. The van der Waals surface area contributed by atoms with Crippen LogP contribution in [0.2, 0.25) is 0 Å². The first-order valence-electron chi connectivity index (χ1n) is 7.14. The minimum absolute atomic E-state index is 0.0571. The van der Waals surface area contributed by atoms with Gasteiger partial charge >= 0.3 is 11.9 Å². The number of esters is 2. The van der Waals surface area contributed by atoms with E-state index in [-0.39, 0.29) is 17.9 Å². The number of carbonyl (C=O) groups is 2. The highest BCUT2D eigenvalue weighted by Crippen LogP contribution is 2.23. The molecular formula is C14H25NO4. The summed E-state index contributed by atoms with van der Waals surface area (Å²) in [6, 6.07) is 0.403. The molecule has 0 aromatic carbocycles. The summed E-state index contributed by atoms with van der Waals surface area (Å²) in [4.78, 5) is 25.3. The molecule has 1 rings (SSSR count). The lowest BCUT2D eigenvalue weighted by Gasteiger charge is -2.36. The van der Waals surface area contributed by atoms with Crippen molar-refractivity contribution in [3.63, 3.8) is 0 Å². The van der Waals surface area contributed by atoms with Gasteiger partial charge < -0.3 is 9.47 Å². The minimum Gasteiger partial charge on any atom is -0.466 e. The van der Waals surface area contributed by atoms with E-state index in [4.69, 9.17) is 9.47 Å². The number of ether oxygens (including phenoxy) is 2. The van der Waals surface area contributed by atoms with Crippen LogP contribution < -0.4 is 0 Å². The number of hydrogen-bond donors (Lipinski definition) is 0. The highest BCUT2D eigenvalue weighted by molar-refractivity contribution is 5.73. The summed E-state index contributed by atoms with van der Waals surface area (Å²) in [5.41, 5.74) is 0. The number of carbonyl (C=O) groups excluding carboxylic acids is 2. The molecule has 0 radical (unpaired) electrons. The Bertz CT molecular complexity index is 306. The van der Waals surface area contributed by atoms with Gasteiger partial charge in [-0.05, 0) is 33.6 Å². The molecule has 0 aromatic heterocycles. The van der Waals surface area contributed by atoms with Crippen molar-refractivity contribution in [3.8, 4) is 0 Å². The number of hydrogen-bond acceptors (Lipinski definition) is 5. The molecule has 0 saturated carbocycles. The fraction of sp³-hybridized carbons (Fsp3) is 0.857. The van der Waals surface area contributed by atoms with Crippen LogP contribution in [0.25, 0.3) is 0 Å². The van der Waals surface area contributed by atoms with Gasteiger partial charge in [-0.3, -0.25) is 14.5 Å². The minimum atomic E-state index is -0.173. The second kappa shape index (κ2) is 8.15. The maximum absolute atomic E-state index is 11.8. The molecule has 0 aliphatic carbocycles. The maximum Gasteiger partial charge on any atom is 0.310 e. The highest BCUT2D eigenvalue weighted by Gasteiger charge is 2.30. The smallest absolute Gasteiger partial charge is 0.310 e. The van der Waals surface area contributed by atoms with E-state index < -0.39 is 0 Å². The molecular weight excluding hydrogens is 246 g/mol. The van der Waals surface area contributed by atoms with Crippen LogP contribution >= 0.6 is 0 Å². The molecule has 1 fully saturated rings. The van der Waals surface area contributed by atoms with Crippen LogP contribution in [0.5, 0.6) is 0 Å². The average Bonchev–Trinajstić information content (AvgIpc) is 2.38. The summed E-state index contributed by atoms with van der Waals surface area (Å²) in [7, 11) is 0. The lowest BCUT2D eigenvalue weighted by atomic mass is 9.93. The van der Waals surface area contributed by atoms with E-state index in [0.29, 0.717) is 38.8 Å². The molecule has 0 amide bonds. The molecule has 19 heavy (non-hydrogen) atoms. The van der Waals surface area contributed by atoms with Crippen LogP contribution in [0.15, 0.2) is 0 Å². The van der Waals surface area contributed by atoms with E-state index >= 15 is 0 Å². The van der Waals surface area contributed by atoms with Crippen molar-refractivity contribution >= 4 is 11.9 Å². The Morgan fingerprint density at radius 1 is 1.16 bits per heavy atom. The Morgan fingerprint density at radius 2 is 1.84 bits per heavy atom. The predicted molar refractivity (Wildman–Crippen MR) is 71.6 cm³/mol. The van der Waals surface area contributed by atoms with Crippen LogP contribution in [0, 0.1) is 5.92 Å². The molecule has 110 valence electrons. The molecule has 2 atom stereocenters. The second-order valence-corrected chi connectivity index (χ2v) is 4.93. The zero-order valence-electron chi connectivity index (χ0n) is 12.2. The van der Waals surface area contributed by atoms with Crippen LogP contribution in [0.1, 0.15) is 40.0 Å². The average molecular weight is 271 g/mol. The third-order valence-electron chi connectivity index (χ3n) is 3.54. The van der Waals surface area contributed by atoms with E-state index in [1.165, 1.54) is 0 Å². The standard InChI is InChI=1S/C14H25NO4/c1-4-18-13(16)8-9-15-10-12(7-6-11(15)3)14(17)19-5-2/h11-12H,4-10H2,1-3H3/t11-,12+/m0/s1. The van der Waals surface area contributed by atoms with Gasteiger partial charge in [0.2, 0.25) is 0 Å². The first kappa shape index (κ1) is 16.0. The van der Waals surface area contributed by atoms with Crippen molar-refractivity contribution in [3.05, 3.63) is 0 Å². The largest absolute Gasteiger partial charge is 0.466 e. The maximum atomic E-state index is 11.8. The fourth-order valence-electron chi connectivity index (χ4n) is 2.41. The summed E-state index contributed by atoms with van der Waals surface area (Å²) >= 11 is 0. The normalized spacial score (nSPS) is 23.9. The summed E-state index contributed by atoms with van der Waals surface area (Å²) < 4.78 is 10.00. The Hall–Kier alpha value is -1.10. The van der Waals surface area contributed by atoms with Crippen molar-refractivity contribution in [2.24, 2.45) is 5.92 Å². The Labute approximate surface area is 115 Å². The monoisotopic (exact) mass is 271 g/mol. The Balaban J connectivity index is 2.42. The van der Waals surface area contributed by atoms with E-state index in [9.17, 15) is 9.59 Å². The fourth-order valence-corrected chi connectivity index (χ4v) is 2.41. The highest BCUT2D eigenvalue weighted by atomic mass is 16.5. The molecule has 0 spiro atoms. The van der Waals surface area contributed by atoms with Gasteiger partial charge in [0, 0.05) is 19.1 Å². The zero-order chi connectivity index (χ0) is 14.3. The molecule has 0 unspecified atom stereocenters. The van der Waals surface area contributed by atoms with Gasteiger partial charge in [0.15, 0.2) is 0 Å². The summed E-state index contributed by atoms with van der Waals surface area (Å²) in [5.74, 6) is -0.346. The van der Waals surface area contributed by atoms with Crippen LogP contribution in [-0.4, -0.2) is 49.2 Å². The van der Waals surface area contributed by atoms with Gasteiger partial charge in [0.1, 0.15) is 0 Å². The van der Waals surface area contributed by atoms with E-state index in [1.807, 2.05) is 6.92 Å². The number of likely N-dealkylation sites (tertiary alicyclic amines) is 1. The van der Waals surface area contributed by atoms with Crippen molar-refractivity contribution in [2.75, 3.05) is 26.3 Å². The van der Waals surface area contributed by atoms with Gasteiger partial charge in [-0.15, -0.1) is 0 Å². The van der Waals surface area contributed by atoms with Crippen LogP contribution in [-0.2, 0) is 19.1 Å². The molecule has 1 aliphatic heterocycles. The summed E-state index contributed by atoms with van der Waals surface area (Å²) in [5, 5.41) is 0. The lowest BCUT2D eigenvalue weighted by Crippen LogP contribution is -2.45. The Morgan fingerprint density at radius 3 is 2.47 bits per heavy atom. The molecule has 5 nitrogen and oxygen atoms in total. The molecule has 5 heteroatoms. The SMILES string of the molecule is CCOC(=O)CCN1C[C@H](C(=O)OCC)CC[C@@H]1C. The lowest BCUT2D eigenvalue weighted by molar-refractivity contribution is -0.150. The topological polar surface area (TPSA) is 55.8 Å². The molecule has 0 N–H and O–H groups in total. The van der Waals surface area contributed by atoms with E-state index in [1.54, 1.807) is 6.92 Å². The van der Waals surface area contributed by atoms with Gasteiger partial charge in [-0.2, -0.15) is 0 Å². The molecule has 1 heterocycles. The molecule has 1 aliphatic rings. The van der Waals surface area contributed by atoms with Crippen molar-refractivity contribution in [2.45, 2.75) is 46.1 Å². The number of rotatable bonds is 6. The van der Waals surface area contributed by atoms with Gasteiger partial charge in [-0.1, -0.05) is 0 Å². The second-order valence-electron chi connectivity index (χ2n) is 4.93. The predicted octanol–water partition coefficient (Wildman–Crippen LogP) is 1.60. The molecule has 1 saturated heterocycles. The third-order valence-corrected chi connectivity index (χ3v) is 3.54. The van der Waals surface area contributed by atoms with Gasteiger partial charge in [-0.25, -0.2) is 0 Å². The van der Waals surface area contributed by atoms with Gasteiger partial charge in [0.05, 0.1) is 25.6 Å². The first-order valence-corrected chi connectivity index (χ1v) is 7.14. The van der Waals surface area contributed by atoms with E-state index in [0.717, 1.165) is 12.8 Å². The first-order chi connectivity index (χ1) is 9.08. The summed E-state index contributed by atoms with van der Waals surface area (Å²) in [6.45, 7) is 7.93. The molecule has 0 bridgehead atoms. The molecule has 0 aromatic rings.